The Bertz CT molecular complexity index is 645. The van der Waals surface area contributed by atoms with Crippen molar-refractivity contribution in [3.63, 3.8) is 0 Å². The number of ether oxygens (including phenoxy) is 2. The number of amides is 2. The quantitative estimate of drug-likeness (QED) is 0.883. The van der Waals surface area contributed by atoms with Gasteiger partial charge in [0.1, 0.15) is 6.10 Å². The first-order valence-corrected chi connectivity index (χ1v) is 7.52. The van der Waals surface area contributed by atoms with Crippen molar-refractivity contribution in [2.45, 2.75) is 19.1 Å². The van der Waals surface area contributed by atoms with Crippen LogP contribution in [0.15, 0.2) is 41.3 Å². The van der Waals surface area contributed by atoms with Gasteiger partial charge in [-0.15, -0.1) is 0 Å². The van der Waals surface area contributed by atoms with Crippen molar-refractivity contribution in [2.75, 3.05) is 25.1 Å². The second-order valence-electron chi connectivity index (χ2n) is 5.18. The van der Waals surface area contributed by atoms with Crippen LogP contribution in [0.3, 0.4) is 0 Å². The Hall–Kier alpha value is -2.38. The standard InChI is InChI=1S/C16H19N3O4/c1-2-22-15-9-21-8-13(15)19-16(20)18-12-5-3-4-11(6-12)14-7-17-10-23-14/h3-7,10,13,15H,2,8-9H2,1H3,(H2,18,19,20)/t13-,15-/m1/s1. The molecule has 1 aromatic carbocycles. The molecule has 2 heterocycles. The molecule has 23 heavy (non-hydrogen) atoms. The van der Waals surface area contributed by atoms with Crippen LogP contribution in [-0.2, 0) is 9.47 Å². The summed E-state index contributed by atoms with van der Waals surface area (Å²) in [4.78, 5) is 16.0. The molecule has 0 saturated carbocycles. The van der Waals surface area contributed by atoms with Crippen LogP contribution in [0.4, 0.5) is 10.5 Å². The monoisotopic (exact) mass is 317 g/mol. The average Bonchev–Trinajstić information content (AvgIpc) is 3.20. The first kappa shape index (κ1) is 15.5. The minimum absolute atomic E-state index is 0.105. The number of carbonyl (C=O) groups excluding carboxylic acids is 1. The van der Waals surface area contributed by atoms with Gasteiger partial charge in [0, 0.05) is 17.9 Å². The lowest BCUT2D eigenvalue weighted by Crippen LogP contribution is -2.45. The van der Waals surface area contributed by atoms with Crippen LogP contribution in [0.25, 0.3) is 11.3 Å². The lowest BCUT2D eigenvalue weighted by atomic mass is 10.1. The number of carbonyl (C=O) groups is 1. The molecule has 2 N–H and O–H groups in total. The average molecular weight is 317 g/mol. The van der Waals surface area contributed by atoms with E-state index in [2.05, 4.69) is 15.6 Å². The van der Waals surface area contributed by atoms with Crippen molar-refractivity contribution in [1.29, 1.82) is 0 Å². The van der Waals surface area contributed by atoms with Crippen molar-refractivity contribution >= 4 is 11.7 Å². The van der Waals surface area contributed by atoms with Crippen LogP contribution in [0.1, 0.15) is 6.92 Å². The molecule has 0 spiro atoms. The predicted octanol–water partition coefficient (Wildman–Crippen LogP) is 2.27. The zero-order valence-electron chi connectivity index (χ0n) is 12.8. The highest BCUT2D eigenvalue weighted by atomic mass is 16.5. The number of nitrogens with zero attached hydrogens (tertiary/aromatic N) is 1. The number of aromatic nitrogens is 1. The molecule has 122 valence electrons. The summed E-state index contributed by atoms with van der Waals surface area (Å²) in [5.41, 5.74) is 1.51. The van der Waals surface area contributed by atoms with E-state index < -0.39 is 0 Å². The van der Waals surface area contributed by atoms with Crippen molar-refractivity contribution in [3.8, 4) is 11.3 Å². The van der Waals surface area contributed by atoms with Gasteiger partial charge >= 0.3 is 6.03 Å². The van der Waals surface area contributed by atoms with E-state index in [0.29, 0.717) is 31.3 Å². The summed E-state index contributed by atoms with van der Waals surface area (Å²) < 4.78 is 16.2. The number of urea groups is 1. The Morgan fingerprint density at radius 1 is 1.43 bits per heavy atom. The summed E-state index contributed by atoms with van der Waals surface area (Å²) in [7, 11) is 0. The number of hydrogen-bond donors (Lipinski definition) is 2. The molecule has 7 heteroatoms. The largest absolute Gasteiger partial charge is 0.444 e. The molecular weight excluding hydrogens is 298 g/mol. The highest BCUT2D eigenvalue weighted by Gasteiger charge is 2.30. The summed E-state index contributed by atoms with van der Waals surface area (Å²) in [5.74, 6) is 0.648. The Morgan fingerprint density at radius 2 is 2.35 bits per heavy atom. The molecule has 1 aliphatic heterocycles. The summed E-state index contributed by atoms with van der Waals surface area (Å²) in [6.07, 6.45) is 2.89. The number of benzene rings is 1. The van der Waals surface area contributed by atoms with Crippen molar-refractivity contribution < 1.29 is 18.7 Å². The third kappa shape index (κ3) is 3.88. The van der Waals surface area contributed by atoms with E-state index in [0.717, 1.165) is 5.56 Å². The van der Waals surface area contributed by atoms with Gasteiger partial charge in [-0.1, -0.05) is 12.1 Å². The van der Waals surface area contributed by atoms with Gasteiger partial charge in [0.25, 0.3) is 0 Å². The van der Waals surface area contributed by atoms with Crippen molar-refractivity contribution in [1.82, 2.24) is 10.3 Å². The van der Waals surface area contributed by atoms with Crippen LogP contribution >= 0.6 is 0 Å². The van der Waals surface area contributed by atoms with Gasteiger partial charge in [-0.3, -0.25) is 0 Å². The van der Waals surface area contributed by atoms with Gasteiger partial charge in [-0.2, -0.15) is 0 Å². The molecule has 0 bridgehead atoms. The molecule has 2 atom stereocenters. The smallest absolute Gasteiger partial charge is 0.319 e. The van der Waals surface area contributed by atoms with E-state index in [1.165, 1.54) is 6.39 Å². The molecule has 1 aliphatic rings. The van der Waals surface area contributed by atoms with E-state index in [1.807, 2.05) is 31.2 Å². The van der Waals surface area contributed by atoms with Crippen LogP contribution < -0.4 is 10.6 Å². The lowest BCUT2D eigenvalue weighted by molar-refractivity contribution is 0.0428. The predicted molar refractivity (Wildman–Crippen MR) is 84.1 cm³/mol. The lowest BCUT2D eigenvalue weighted by Gasteiger charge is -2.19. The molecule has 1 saturated heterocycles. The van der Waals surface area contributed by atoms with Gasteiger partial charge < -0.3 is 24.5 Å². The highest BCUT2D eigenvalue weighted by Crippen LogP contribution is 2.22. The first-order chi connectivity index (χ1) is 11.3. The Kier molecular flexibility index (Phi) is 4.89. The van der Waals surface area contributed by atoms with Crippen molar-refractivity contribution in [3.05, 3.63) is 36.9 Å². The summed E-state index contributed by atoms with van der Waals surface area (Å²) >= 11 is 0. The van der Waals surface area contributed by atoms with Gasteiger partial charge in [0.2, 0.25) is 0 Å². The van der Waals surface area contributed by atoms with Gasteiger partial charge in [0.15, 0.2) is 12.2 Å². The zero-order valence-corrected chi connectivity index (χ0v) is 12.8. The van der Waals surface area contributed by atoms with Crippen LogP contribution in [0.2, 0.25) is 0 Å². The summed E-state index contributed by atoms with van der Waals surface area (Å²) in [5, 5.41) is 5.69. The number of rotatable bonds is 5. The SMILES string of the molecule is CCO[C@@H]1COC[C@H]1NC(=O)Nc1cccc(-c2cnco2)c1. The normalized spacial score (nSPS) is 20.4. The van der Waals surface area contributed by atoms with Crippen LogP contribution in [0, 0.1) is 0 Å². The third-order valence-corrected chi connectivity index (χ3v) is 3.56. The van der Waals surface area contributed by atoms with E-state index >= 15 is 0 Å². The van der Waals surface area contributed by atoms with E-state index in [-0.39, 0.29) is 18.2 Å². The summed E-state index contributed by atoms with van der Waals surface area (Å²) in [6.45, 7) is 3.47. The molecule has 2 amide bonds. The molecule has 3 rings (SSSR count). The molecular formula is C16H19N3O4. The molecule has 0 aliphatic carbocycles. The van der Waals surface area contributed by atoms with E-state index in [1.54, 1.807) is 6.20 Å². The van der Waals surface area contributed by atoms with Crippen LogP contribution in [0.5, 0.6) is 0 Å². The van der Waals surface area contributed by atoms with Crippen LogP contribution in [-0.4, -0.2) is 43.0 Å². The van der Waals surface area contributed by atoms with E-state index in [4.69, 9.17) is 13.9 Å². The maximum Gasteiger partial charge on any atom is 0.319 e. The minimum atomic E-state index is -0.292. The molecule has 2 aromatic rings. The number of nitrogens with one attached hydrogen (secondary N) is 2. The molecule has 1 aromatic heterocycles. The highest BCUT2D eigenvalue weighted by molar-refractivity contribution is 5.90. The van der Waals surface area contributed by atoms with Crippen molar-refractivity contribution in [2.24, 2.45) is 0 Å². The fraction of sp³-hybridized carbons (Fsp3) is 0.375. The topological polar surface area (TPSA) is 85.6 Å². The van der Waals surface area contributed by atoms with Gasteiger partial charge in [-0.25, -0.2) is 9.78 Å². The van der Waals surface area contributed by atoms with E-state index in [9.17, 15) is 4.79 Å². The zero-order chi connectivity index (χ0) is 16.1. The molecule has 1 fully saturated rings. The number of oxazole rings is 1. The maximum atomic E-state index is 12.1. The van der Waals surface area contributed by atoms with Gasteiger partial charge in [0.05, 0.1) is 25.5 Å². The Labute approximate surface area is 134 Å². The second kappa shape index (κ2) is 7.26. The molecule has 0 radical (unpaired) electrons. The fourth-order valence-corrected chi connectivity index (χ4v) is 2.49. The Morgan fingerprint density at radius 3 is 3.13 bits per heavy atom. The molecule has 0 unspecified atom stereocenters. The summed E-state index contributed by atoms with van der Waals surface area (Å²) in [6, 6.07) is 6.93. The second-order valence-corrected chi connectivity index (χ2v) is 5.18. The number of anilines is 1. The maximum absolute atomic E-state index is 12.1. The fourth-order valence-electron chi connectivity index (χ4n) is 2.49. The molecule has 7 nitrogen and oxygen atoms in total. The minimum Gasteiger partial charge on any atom is -0.444 e. The third-order valence-electron chi connectivity index (χ3n) is 3.56. The van der Waals surface area contributed by atoms with Gasteiger partial charge in [-0.05, 0) is 19.1 Å². The number of hydrogen-bond acceptors (Lipinski definition) is 5. The Balaban J connectivity index is 1.61. The first-order valence-electron chi connectivity index (χ1n) is 7.52.